The first-order chi connectivity index (χ1) is 8.33. The van der Waals surface area contributed by atoms with Crippen LogP contribution in [0, 0.1) is 0 Å². The maximum absolute atomic E-state index is 11.8. The normalized spacial score (nSPS) is 11.7. The minimum Gasteiger partial charge on any atom is -0.465 e. The van der Waals surface area contributed by atoms with Crippen LogP contribution in [-0.4, -0.2) is 19.6 Å². The molecule has 0 aromatic heterocycles. The van der Waals surface area contributed by atoms with Crippen LogP contribution in [0.15, 0.2) is 21.1 Å². The molecule has 18 heavy (non-hydrogen) atoms. The molecule has 0 atom stereocenters. The molecule has 0 amide bonds. The van der Waals surface area contributed by atoms with Crippen molar-refractivity contribution in [2.75, 3.05) is 13.4 Å². The predicted molar refractivity (Wildman–Crippen MR) is 68.9 cm³/mol. The van der Waals surface area contributed by atoms with Crippen LogP contribution < -0.4 is 4.74 Å². The molecular weight excluding hydrogens is 404 g/mol. The molecule has 0 aliphatic heterocycles. The van der Waals surface area contributed by atoms with E-state index < -0.39 is 19.6 Å². The molecule has 102 valence electrons. The molecule has 1 rings (SSSR count). The van der Waals surface area contributed by atoms with E-state index in [9.17, 15) is 13.2 Å². The van der Waals surface area contributed by atoms with Gasteiger partial charge in [-0.1, -0.05) is 0 Å². The van der Waals surface area contributed by atoms with E-state index in [1.165, 1.54) is 0 Å². The quantitative estimate of drug-likeness (QED) is 0.391. The zero-order chi connectivity index (χ0) is 13.8. The predicted octanol–water partition coefficient (Wildman–Crippen LogP) is 4.87. The van der Waals surface area contributed by atoms with Crippen LogP contribution in [0.1, 0.15) is 5.56 Å². The third kappa shape index (κ3) is 5.34. The topological polar surface area (TPSA) is 18.5 Å². The Morgan fingerprint density at radius 1 is 1.17 bits per heavy atom. The molecule has 0 N–H and O–H groups in total. The van der Waals surface area contributed by atoms with Crippen LogP contribution in [0.5, 0.6) is 5.75 Å². The summed E-state index contributed by atoms with van der Waals surface area (Å²) >= 11 is 12.1. The molecule has 0 unspecified atom stereocenters. The fraction of sp³-hybridized carbons (Fsp3) is 0.400. The number of alkyl halides is 4. The lowest BCUT2D eigenvalue weighted by molar-refractivity contribution is -0.186. The van der Waals surface area contributed by atoms with E-state index in [2.05, 4.69) is 36.6 Å². The molecule has 0 fully saturated rings. The van der Waals surface area contributed by atoms with Gasteiger partial charge in [-0.15, -0.1) is 11.6 Å². The average Bonchev–Trinajstić information content (AvgIpc) is 2.25. The van der Waals surface area contributed by atoms with E-state index in [1.807, 2.05) is 0 Å². The lowest BCUT2D eigenvalue weighted by Gasteiger charge is -2.12. The molecule has 0 heterocycles. The third-order valence-electron chi connectivity index (χ3n) is 1.76. The van der Waals surface area contributed by atoms with Crippen molar-refractivity contribution in [2.24, 2.45) is 0 Å². The van der Waals surface area contributed by atoms with Gasteiger partial charge in [0.15, 0.2) is 12.5 Å². The molecule has 0 radical (unpaired) electrons. The molecule has 2 nitrogen and oxygen atoms in total. The highest BCUT2D eigenvalue weighted by Gasteiger charge is 2.27. The van der Waals surface area contributed by atoms with Gasteiger partial charge in [0.2, 0.25) is 0 Å². The number of ether oxygens (including phenoxy) is 2. The summed E-state index contributed by atoms with van der Waals surface area (Å²) in [5, 5.41) is 0. The SMILES string of the molecule is FC(F)(F)COCOc1c(Br)cc(CCl)cc1Br. The summed E-state index contributed by atoms with van der Waals surface area (Å²) in [4.78, 5) is 0. The Bertz CT molecular complexity index is 390. The number of rotatable bonds is 5. The van der Waals surface area contributed by atoms with E-state index in [-0.39, 0.29) is 0 Å². The van der Waals surface area contributed by atoms with Gasteiger partial charge in [0.1, 0.15) is 6.61 Å². The Kier molecular flexibility index (Phi) is 6.23. The first kappa shape index (κ1) is 16.1. The van der Waals surface area contributed by atoms with Crippen LogP contribution in [0.2, 0.25) is 0 Å². The second-order valence-corrected chi connectivity index (χ2v) is 5.22. The van der Waals surface area contributed by atoms with Gasteiger partial charge < -0.3 is 9.47 Å². The van der Waals surface area contributed by atoms with Gasteiger partial charge in [-0.05, 0) is 49.6 Å². The molecule has 1 aromatic carbocycles. The molecule has 0 saturated heterocycles. The molecule has 1 aromatic rings. The first-order valence-corrected chi connectivity index (χ1v) is 6.76. The summed E-state index contributed by atoms with van der Waals surface area (Å²) in [5.41, 5.74) is 0.846. The van der Waals surface area contributed by atoms with Crippen molar-refractivity contribution in [3.8, 4) is 5.75 Å². The summed E-state index contributed by atoms with van der Waals surface area (Å²) < 4.78 is 46.1. The molecule has 0 spiro atoms. The molecule has 8 heteroatoms. The zero-order valence-corrected chi connectivity index (χ0v) is 12.8. The highest BCUT2D eigenvalue weighted by Crippen LogP contribution is 2.35. The fourth-order valence-corrected chi connectivity index (χ4v) is 2.75. The highest BCUT2D eigenvalue weighted by atomic mass is 79.9. The number of hydrogen-bond donors (Lipinski definition) is 0. The smallest absolute Gasteiger partial charge is 0.411 e. The number of benzene rings is 1. The summed E-state index contributed by atoms with van der Waals surface area (Å²) in [6.07, 6.45) is -4.36. The van der Waals surface area contributed by atoms with Crippen molar-refractivity contribution in [2.45, 2.75) is 12.1 Å². The van der Waals surface area contributed by atoms with Gasteiger partial charge in [-0.2, -0.15) is 13.2 Å². The van der Waals surface area contributed by atoms with Crippen molar-refractivity contribution in [1.82, 2.24) is 0 Å². The van der Waals surface area contributed by atoms with Crippen LogP contribution in [0.3, 0.4) is 0 Å². The van der Waals surface area contributed by atoms with Gasteiger partial charge in [-0.3, -0.25) is 0 Å². The third-order valence-corrected chi connectivity index (χ3v) is 3.25. The highest BCUT2D eigenvalue weighted by molar-refractivity contribution is 9.11. The van der Waals surface area contributed by atoms with Crippen LogP contribution in [-0.2, 0) is 10.6 Å². The Balaban J connectivity index is 2.57. The lowest BCUT2D eigenvalue weighted by atomic mass is 10.2. The van der Waals surface area contributed by atoms with Crippen molar-refractivity contribution < 1.29 is 22.6 Å². The van der Waals surface area contributed by atoms with E-state index in [4.69, 9.17) is 16.3 Å². The summed E-state index contributed by atoms with van der Waals surface area (Å²) in [5.74, 6) is 0.688. The van der Waals surface area contributed by atoms with Gasteiger partial charge in [0.25, 0.3) is 0 Å². The zero-order valence-electron chi connectivity index (χ0n) is 8.86. The molecule has 0 aliphatic carbocycles. The molecule has 0 aliphatic rings. The van der Waals surface area contributed by atoms with Gasteiger partial charge in [0, 0.05) is 5.88 Å². The summed E-state index contributed by atoms with van der Waals surface area (Å²) in [6, 6.07) is 3.44. The second kappa shape index (κ2) is 6.98. The Morgan fingerprint density at radius 2 is 1.72 bits per heavy atom. The van der Waals surface area contributed by atoms with Crippen molar-refractivity contribution >= 4 is 43.5 Å². The second-order valence-electron chi connectivity index (χ2n) is 3.25. The van der Waals surface area contributed by atoms with Crippen molar-refractivity contribution in [3.63, 3.8) is 0 Å². The van der Waals surface area contributed by atoms with Crippen molar-refractivity contribution in [1.29, 1.82) is 0 Å². The minimum absolute atomic E-state index is 0.321. The Labute approximate surface area is 124 Å². The lowest BCUT2D eigenvalue weighted by Crippen LogP contribution is -2.19. The molecular formula is C10H8Br2ClF3O2. The molecule has 0 saturated carbocycles. The largest absolute Gasteiger partial charge is 0.465 e. The van der Waals surface area contributed by atoms with Gasteiger partial charge in [-0.25, -0.2) is 0 Å². The fourth-order valence-electron chi connectivity index (χ4n) is 1.09. The maximum atomic E-state index is 11.8. The van der Waals surface area contributed by atoms with Crippen LogP contribution in [0.4, 0.5) is 13.2 Å². The summed E-state index contributed by atoms with van der Waals surface area (Å²) in [6.45, 7) is -1.83. The molecule has 0 bridgehead atoms. The number of halogens is 6. The van der Waals surface area contributed by atoms with Crippen molar-refractivity contribution in [3.05, 3.63) is 26.6 Å². The van der Waals surface area contributed by atoms with E-state index in [1.54, 1.807) is 12.1 Å². The van der Waals surface area contributed by atoms with Crippen LogP contribution in [0.25, 0.3) is 0 Å². The van der Waals surface area contributed by atoms with E-state index in [0.29, 0.717) is 20.6 Å². The Morgan fingerprint density at radius 3 is 2.17 bits per heavy atom. The minimum atomic E-state index is -4.36. The Hall–Kier alpha value is 0.0200. The maximum Gasteiger partial charge on any atom is 0.411 e. The monoisotopic (exact) mass is 410 g/mol. The average molecular weight is 412 g/mol. The van der Waals surface area contributed by atoms with Gasteiger partial charge in [0.05, 0.1) is 8.95 Å². The van der Waals surface area contributed by atoms with E-state index >= 15 is 0 Å². The number of hydrogen-bond acceptors (Lipinski definition) is 2. The standard InChI is InChI=1S/C10H8Br2ClF3O2/c11-7-1-6(3-13)2-8(12)9(7)18-5-17-4-10(14,15)16/h1-2H,3-5H2. The van der Waals surface area contributed by atoms with Crippen LogP contribution >= 0.6 is 43.5 Å². The van der Waals surface area contributed by atoms with E-state index in [0.717, 1.165) is 5.56 Å². The first-order valence-electron chi connectivity index (χ1n) is 4.64. The van der Waals surface area contributed by atoms with Gasteiger partial charge >= 0.3 is 6.18 Å². The summed E-state index contributed by atoms with van der Waals surface area (Å²) in [7, 11) is 0.